The molecule has 1 amide bonds. The molecule has 1 aliphatic rings. The first kappa shape index (κ1) is 21.8. The molecule has 1 saturated heterocycles. The molecule has 0 spiro atoms. The van der Waals surface area contributed by atoms with E-state index in [1.165, 1.54) is 0 Å². The Bertz CT molecular complexity index is 1080. The van der Waals surface area contributed by atoms with Gasteiger partial charge in [-0.05, 0) is 42.9 Å². The van der Waals surface area contributed by atoms with Gasteiger partial charge in [0.2, 0.25) is 11.9 Å². The predicted octanol–water partition coefficient (Wildman–Crippen LogP) is 4.50. The average molecular weight is 461 g/mol. The quantitative estimate of drug-likeness (QED) is 0.565. The summed E-state index contributed by atoms with van der Waals surface area (Å²) in [6.07, 6.45) is 4.70. The minimum Gasteiger partial charge on any atom is -0.351 e. The number of piperidine rings is 1. The third-order valence-electron chi connectivity index (χ3n) is 5.54. The smallest absolute Gasteiger partial charge is 0.227 e. The molecule has 2 aromatic heterocycles. The van der Waals surface area contributed by atoms with Crippen LogP contribution in [0.3, 0.4) is 0 Å². The Morgan fingerprint density at radius 2 is 2.06 bits per heavy atom. The van der Waals surface area contributed by atoms with E-state index in [9.17, 15) is 4.79 Å². The highest BCUT2D eigenvalue weighted by Crippen LogP contribution is 2.23. The molecular formula is C22H26Cl2N6O. The van der Waals surface area contributed by atoms with E-state index in [-0.39, 0.29) is 18.4 Å². The number of H-pyrrole nitrogens is 1. The summed E-state index contributed by atoms with van der Waals surface area (Å²) >= 11 is 12.1. The first-order valence-electron chi connectivity index (χ1n) is 10.6. The van der Waals surface area contributed by atoms with Gasteiger partial charge in [0.1, 0.15) is 0 Å². The van der Waals surface area contributed by atoms with Crippen LogP contribution in [-0.2, 0) is 17.6 Å². The molecule has 0 aliphatic carbocycles. The van der Waals surface area contributed by atoms with Crippen molar-refractivity contribution in [1.82, 2.24) is 25.1 Å². The SMILES string of the molecule is CC(C)Cc1[nH]nc2nc(NC3CCN(C(=O)Cc4ccc(Cl)cc4Cl)CC3)ncc12. The molecule has 2 N–H and O–H groups in total. The van der Waals surface area contributed by atoms with Gasteiger partial charge in [0.25, 0.3) is 0 Å². The minimum atomic E-state index is 0.0783. The van der Waals surface area contributed by atoms with Crippen LogP contribution in [-0.4, -0.2) is 50.1 Å². The Balaban J connectivity index is 1.32. The summed E-state index contributed by atoms with van der Waals surface area (Å²) in [5.74, 6) is 1.19. The monoisotopic (exact) mass is 460 g/mol. The fourth-order valence-electron chi connectivity index (χ4n) is 3.88. The van der Waals surface area contributed by atoms with Gasteiger partial charge in [-0.15, -0.1) is 0 Å². The Kier molecular flexibility index (Phi) is 6.62. The maximum absolute atomic E-state index is 12.7. The van der Waals surface area contributed by atoms with Crippen LogP contribution >= 0.6 is 23.2 Å². The Hall–Kier alpha value is -2.38. The van der Waals surface area contributed by atoms with E-state index < -0.39 is 0 Å². The molecule has 164 valence electrons. The summed E-state index contributed by atoms with van der Waals surface area (Å²) in [4.78, 5) is 23.6. The van der Waals surface area contributed by atoms with Crippen LogP contribution in [0.5, 0.6) is 0 Å². The zero-order valence-electron chi connectivity index (χ0n) is 17.7. The largest absolute Gasteiger partial charge is 0.351 e. The number of anilines is 1. The molecule has 0 radical (unpaired) electrons. The molecule has 9 heteroatoms. The third-order valence-corrected chi connectivity index (χ3v) is 6.13. The zero-order chi connectivity index (χ0) is 22.0. The zero-order valence-corrected chi connectivity index (χ0v) is 19.2. The van der Waals surface area contributed by atoms with Crippen LogP contribution in [0.4, 0.5) is 5.95 Å². The van der Waals surface area contributed by atoms with Crippen molar-refractivity contribution in [3.8, 4) is 0 Å². The van der Waals surface area contributed by atoms with Gasteiger partial charge in [-0.1, -0.05) is 43.1 Å². The molecule has 3 aromatic rings. The number of nitrogens with zero attached hydrogens (tertiary/aromatic N) is 4. The van der Waals surface area contributed by atoms with Crippen molar-refractivity contribution < 1.29 is 4.79 Å². The van der Waals surface area contributed by atoms with E-state index >= 15 is 0 Å². The van der Waals surface area contributed by atoms with Crippen LogP contribution in [0.1, 0.15) is 37.9 Å². The first-order valence-corrected chi connectivity index (χ1v) is 11.3. The number of hydrogen-bond acceptors (Lipinski definition) is 5. The second-order valence-corrected chi connectivity index (χ2v) is 9.29. The molecule has 1 fully saturated rings. The van der Waals surface area contributed by atoms with Crippen molar-refractivity contribution in [1.29, 1.82) is 0 Å². The molecular weight excluding hydrogens is 435 g/mol. The van der Waals surface area contributed by atoms with Crippen LogP contribution in [0, 0.1) is 5.92 Å². The summed E-state index contributed by atoms with van der Waals surface area (Å²) in [5.41, 5.74) is 2.55. The standard InChI is InChI=1S/C22H26Cl2N6O/c1-13(2)9-19-17-12-25-22(27-21(17)29-28-19)26-16-5-7-30(8-6-16)20(31)10-14-3-4-15(23)11-18(14)24/h3-4,11-13,16H,5-10H2,1-2H3,(H2,25,26,27,28,29). The van der Waals surface area contributed by atoms with Crippen molar-refractivity contribution in [2.24, 2.45) is 5.92 Å². The Labute approximate surface area is 191 Å². The van der Waals surface area contributed by atoms with Gasteiger partial charge < -0.3 is 10.2 Å². The normalized spacial score (nSPS) is 15.1. The fourth-order valence-corrected chi connectivity index (χ4v) is 4.36. The number of amides is 1. The number of halogens is 2. The van der Waals surface area contributed by atoms with Crippen molar-refractivity contribution in [3.63, 3.8) is 0 Å². The summed E-state index contributed by atoms with van der Waals surface area (Å²) in [5, 5.41) is 12.9. The fraction of sp³-hybridized carbons (Fsp3) is 0.455. The first-order chi connectivity index (χ1) is 14.9. The van der Waals surface area contributed by atoms with Crippen molar-refractivity contribution >= 4 is 46.1 Å². The summed E-state index contributed by atoms with van der Waals surface area (Å²) < 4.78 is 0. The van der Waals surface area contributed by atoms with Gasteiger partial charge in [0.05, 0.1) is 11.8 Å². The number of carbonyl (C=O) groups is 1. The van der Waals surface area contributed by atoms with E-state index in [1.54, 1.807) is 12.1 Å². The number of fused-ring (bicyclic) bond motifs is 1. The minimum absolute atomic E-state index is 0.0783. The molecule has 1 aromatic carbocycles. The third kappa shape index (κ3) is 5.28. The van der Waals surface area contributed by atoms with Crippen LogP contribution in [0.2, 0.25) is 10.0 Å². The van der Waals surface area contributed by atoms with Crippen LogP contribution in [0.15, 0.2) is 24.4 Å². The number of aromatic amines is 1. The van der Waals surface area contributed by atoms with E-state index in [0.29, 0.717) is 40.6 Å². The second-order valence-electron chi connectivity index (χ2n) is 8.44. The topological polar surface area (TPSA) is 86.8 Å². The average Bonchev–Trinajstić information content (AvgIpc) is 3.12. The molecule has 4 rings (SSSR count). The lowest BCUT2D eigenvalue weighted by Crippen LogP contribution is -2.43. The number of likely N-dealkylation sites (tertiary alicyclic amines) is 1. The molecule has 0 atom stereocenters. The van der Waals surface area contributed by atoms with Crippen LogP contribution < -0.4 is 5.32 Å². The number of hydrogen-bond donors (Lipinski definition) is 2. The van der Waals surface area contributed by atoms with Gasteiger partial charge in [-0.3, -0.25) is 9.89 Å². The van der Waals surface area contributed by atoms with E-state index in [4.69, 9.17) is 23.2 Å². The molecule has 0 unspecified atom stereocenters. The Morgan fingerprint density at radius 1 is 1.29 bits per heavy atom. The lowest BCUT2D eigenvalue weighted by atomic mass is 10.0. The molecule has 0 bridgehead atoms. The van der Waals surface area contributed by atoms with Gasteiger partial charge in [-0.25, -0.2) is 4.98 Å². The van der Waals surface area contributed by atoms with E-state index in [0.717, 1.165) is 35.9 Å². The van der Waals surface area contributed by atoms with Crippen molar-refractivity contribution in [2.75, 3.05) is 18.4 Å². The number of aromatic nitrogens is 4. The lowest BCUT2D eigenvalue weighted by Gasteiger charge is -2.32. The summed E-state index contributed by atoms with van der Waals surface area (Å²) in [7, 11) is 0. The maximum Gasteiger partial charge on any atom is 0.227 e. The van der Waals surface area contributed by atoms with Crippen LogP contribution in [0.25, 0.3) is 11.0 Å². The van der Waals surface area contributed by atoms with Crippen molar-refractivity contribution in [2.45, 2.75) is 45.6 Å². The van der Waals surface area contributed by atoms with E-state index in [1.807, 2.05) is 17.2 Å². The number of rotatable bonds is 6. The summed E-state index contributed by atoms with van der Waals surface area (Å²) in [6.45, 7) is 5.71. The number of benzene rings is 1. The molecule has 3 heterocycles. The number of carbonyl (C=O) groups excluding carboxylic acids is 1. The highest BCUT2D eigenvalue weighted by atomic mass is 35.5. The Morgan fingerprint density at radius 3 is 2.77 bits per heavy atom. The molecule has 1 aliphatic heterocycles. The predicted molar refractivity (Wildman–Crippen MR) is 124 cm³/mol. The van der Waals surface area contributed by atoms with E-state index in [2.05, 4.69) is 39.3 Å². The lowest BCUT2D eigenvalue weighted by molar-refractivity contribution is -0.131. The van der Waals surface area contributed by atoms with Gasteiger partial charge >= 0.3 is 0 Å². The second kappa shape index (κ2) is 9.40. The number of nitrogens with one attached hydrogen (secondary N) is 2. The highest BCUT2D eigenvalue weighted by Gasteiger charge is 2.24. The molecule has 0 saturated carbocycles. The maximum atomic E-state index is 12.7. The highest BCUT2D eigenvalue weighted by molar-refractivity contribution is 6.35. The van der Waals surface area contributed by atoms with Gasteiger partial charge in [0.15, 0.2) is 5.65 Å². The van der Waals surface area contributed by atoms with Gasteiger partial charge in [0, 0.05) is 41.1 Å². The molecule has 7 nitrogen and oxygen atoms in total. The summed E-state index contributed by atoms with van der Waals surface area (Å²) in [6, 6.07) is 5.46. The molecule has 31 heavy (non-hydrogen) atoms. The van der Waals surface area contributed by atoms with Gasteiger partial charge in [-0.2, -0.15) is 10.1 Å². The van der Waals surface area contributed by atoms with Crippen molar-refractivity contribution in [3.05, 3.63) is 45.7 Å².